The maximum Gasteiger partial charge on any atom is 0.277 e. The van der Waals surface area contributed by atoms with E-state index in [1.165, 1.54) is 4.57 Å². The van der Waals surface area contributed by atoms with Crippen molar-refractivity contribution in [2.45, 2.75) is 38.9 Å². The summed E-state index contributed by atoms with van der Waals surface area (Å²) in [4.78, 5) is 30.4. The highest BCUT2D eigenvalue weighted by atomic mass is 35.5. The van der Waals surface area contributed by atoms with Gasteiger partial charge in [0.1, 0.15) is 34.5 Å². The second kappa shape index (κ2) is 10.8. The smallest absolute Gasteiger partial charge is 0.277 e. The van der Waals surface area contributed by atoms with E-state index in [4.69, 9.17) is 21.1 Å². The van der Waals surface area contributed by atoms with Crippen LogP contribution in [0.4, 0.5) is 8.78 Å². The van der Waals surface area contributed by atoms with Gasteiger partial charge in [0.05, 0.1) is 23.3 Å². The highest BCUT2D eigenvalue weighted by Crippen LogP contribution is 2.31. The topological polar surface area (TPSA) is 112 Å². The summed E-state index contributed by atoms with van der Waals surface area (Å²) in [5.74, 6) is -1.35. The minimum absolute atomic E-state index is 0.0398. The molecule has 0 amide bonds. The van der Waals surface area contributed by atoms with Crippen molar-refractivity contribution >= 4 is 11.6 Å². The predicted molar refractivity (Wildman–Crippen MR) is 138 cm³/mol. The van der Waals surface area contributed by atoms with E-state index >= 15 is 0 Å². The number of nitrogens with zero attached hydrogens (tertiary/aromatic N) is 5. The largest absolute Gasteiger partial charge is 0.485 e. The van der Waals surface area contributed by atoms with Gasteiger partial charge < -0.3 is 14.6 Å². The SMILES string of the molecule is Cc1cnc(-c2ccnc(C3(O)CCOCC3)n2)cc1-n1c(C)cc(OCc2ncc(F)cc2F)c(Cl)c1=O. The standard InChI is InChI=1S/C27H24ClF2N5O4/c1-15-12-32-20(19-3-6-31-26(34-19)27(37)4-7-38-8-5-27)11-22(15)35-16(2)9-23(24(28)25(35)36)39-14-21-18(30)10-17(29)13-33-21/h3,6,9-13,37H,4-5,7-8,14H2,1-2H3. The molecule has 1 N–H and O–H groups in total. The number of aryl methyl sites for hydroxylation is 2. The minimum atomic E-state index is -1.19. The number of hydrogen-bond donors (Lipinski definition) is 1. The molecule has 0 atom stereocenters. The molecule has 0 saturated carbocycles. The number of pyridine rings is 3. The molecule has 0 spiro atoms. The van der Waals surface area contributed by atoms with Gasteiger partial charge in [-0.15, -0.1) is 0 Å². The molecule has 0 aliphatic carbocycles. The van der Waals surface area contributed by atoms with Gasteiger partial charge in [0, 0.05) is 56.3 Å². The van der Waals surface area contributed by atoms with Crippen molar-refractivity contribution in [1.82, 2.24) is 24.5 Å². The molecular weight excluding hydrogens is 532 g/mol. The third-order valence-electron chi connectivity index (χ3n) is 6.52. The lowest BCUT2D eigenvalue weighted by atomic mass is 9.93. The van der Waals surface area contributed by atoms with E-state index in [0.717, 1.165) is 6.20 Å². The van der Waals surface area contributed by atoms with E-state index in [2.05, 4.69) is 19.9 Å². The fraction of sp³-hybridized carbons (Fsp3) is 0.296. The van der Waals surface area contributed by atoms with Crippen LogP contribution in [0.1, 0.15) is 35.6 Å². The number of halogens is 3. The molecule has 0 unspecified atom stereocenters. The highest BCUT2D eigenvalue weighted by molar-refractivity contribution is 6.31. The van der Waals surface area contributed by atoms with Crippen LogP contribution in [0.25, 0.3) is 17.1 Å². The molecule has 0 aromatic carbocycles. The van der Waals surface area contributed by atoms with Crippen molar-refractivity contribution < 1.29 is 23.4 Å². The van der Waals surface area contributed by atoms with E-state index in [9.17, 15) is 18.7 Å². The average Bonchev–Trinajstić information content (AvgIpc) is 2.92. The Hall–Kier alpha value is -3.80. The Morgan fingerprint density at radius 1 is 1.10 bits per heavy atom. The molecule has 5 rings (SSSR count). The Kier molecular flexibility index (Phi) is 7.39. The molecule has 1 aliphatic rings. The van der Waals surface area contributed by atoms with Gasteiger partial charge in [-0.2, -0.15) is 0 Å². The van der Waals surface area contributed by atoms with E-state index in [1.54, 1.807) is 44.4 Å². The molecule has 0 radical (unpaired) electrons. The van der Waals surface area contributed by atoms with Crippen LogP contribution >= 0.6 is 11.6 Å². The van der Waals surface area contributed by atoms with Gasteiger partial charge in [-0.1, -0.05) is 11.6 Å². The predicted octanol–water partition coefficient (Wildman–Crippen LogP) is 4.21. The number of aliphatic hydroxyl groups is 1. The average molecular weight is 556 g/mol. The first-order chi connectivity index (χ1) is 18.7. The first kappa shape index (κ1) is 26.8. The van der Waals surface area contributed by atoms with E-state index < -0.39 is 22.8 Å². The summed E-state index contributed by atoms with van der Waals surface area (Å²) >= 11 is 6.38. The van der Waals surface area contributed by atoms with Crippen molar-refractivity contribution in [3.05, 3.63) is 92.6 Å². The van der Waals surface area contributed by atoms with Gasteiger partial charge >= 0.3 is 0 Å². The molecule has 9 nitrogen and oxygen atoms in total. The zero-order chi connectivity index (χ0) is 27.7. The third kappa shape index (κ3) is 5.38. The number of ether oxygens (including phenoxy) is 2. The molecule has 1 aliphatic heterocycles. The van der Waals surface area contributed by atoms with E-state index in [-0.39, 0.29) is 28.9 Å². The molecule has 1 saturated heterocycles. The monoisotopic (exact) mass is 555 g/mol. The third-order valence-corrected chi connectivity index (χ3v) is 6.87. The molecule has 5 heterocycles. The summed E-state index contributed by atoms with van der Waals surface area (Å²) in [7, 11) is 0. The fourth-order valence-electron chi connectivity index (χ4n) is 4.33. The van der Waals surface area contributed by atoms with E-state index in [1.807, 2.05) is 0 Å². The Bertz CT molecular complexity index is 1610. The number of rotatable bonds is 6. The molecular formula is C27H24ClF2N5O4. The molecule has 0 bridgehead atoms. The second-order valence-electron chi connectivity index (χ2n) is 9.24. The van der Waals surface area contributed by atoms with Crippen LogP contribution in [0.3, 0.4) is 0 Å². The van der Waals surface area contributed by atoms with Crippen LogP contribution in [0.5, 0.6) is 5.75 Å². The summed E-state index contributed by atoms with van der Waals surface area (Å²) in [6.07, 6.45) is 4.82. The van der Waals surface area contributed by atoms with Crippen LogP contribution in [-0.4, -0.2) is 42.8 Å². The van der Waals surface area contributed by atoms with Crippen LogP contribution < -0.4 is 10.3 Å². The van der Waals surface area contributed by atoms with Gasteiger partial charge in [0.25, 0.3) is 5.56 Å². The van der Waals surface area contributed by atoms with Gasteiger partial charge in [-0.05, 0) is 31.5 Å². The molecule has 4 aromatic heterocycles. The summed E-state index contributed by atoms with van der Waals surface area (Å²) in [6.45, 7) is 3.98. The van der Waals surface area contributed by atoms with Crippen molar-refractivity contribution in [2.24, 2.45) is 0 Å². The lowest BCUT2D eigenvalue weighted by Crippen LogP contribution is -2.35. The Morgan fingerprint density at radius 3 is 2.62 bits per heavy atom. The van der Waals surface area contributed by atoms with Crippen LogP contribution in [0.15, 0.2) is 47.7 Å². The molecule has 202 valence electrons. The normalized spacial score (nSPS) is 14.8. The quantitative estimate of drug-likeness (QED) is 0.376. The fourth-order valence-corrected chi connectivity index (χ4v) is 4.53. The van der Waals surface area contributed by atoms with Gasteiger partial charge in [0.2, 0.25) is 0 Å². The maximum absolute atomic E-state index is 14.0. The second-order valence-corrected chi connectivity index (χ2v) is 9.62. The van der Waals surface area contributed by atoms with Crippen LogP contribution in [0.2, 0.25) is 5.02 Å². The molecule has 12 heteroatoms. The first-order valence-electron chi connectivity index (χ1n) is 12.1. The zero-order valence-electron chi connectivity index (χ0n) is 21.1. The summed E-state index contributed by atoms with van der Waals surface area (Å²) < 4.78 is 39.4. The van der Waals surface area contributed by atoms with Crippen molar-refractivity contribution in [3.63, 3.8) is 0 Å². The van der Waals surface area contributed by atoms with E-state index in [0.29, 0.717) is 60.5 Å². The Balaban J connectivity index is 1.48. The molecule has 39 heavy (non-hydrogen) atoms. The van der Waals surface area contributed by atoms with Crippen molar-refractivity contribution in [1.29, 1.82) is 0 Å². The number of hydrogen-bond acceptors (Lipinski definition) is 8. The van der Waals surface area contributed by atoms with Gasteiger partial charge in [-0.3, -0.25) is 19.3 Å². The van der Waals surface area contributed by atoms with Gasteiger partial charge in [0.15, 0.2) is 11.6 Å². The lowest BCUT2D eigenvalue weighted by Gasteiger charge is -2.30. The zero-order valence-corrected chi connectivity index (χ0v) is 21.9. The number of aromatic nitrogens is 5. The maximum atomic E-state index is 14.0. The van der Waals surface area contributed by atoms with Crippen LogP contribution in [0, 0.1) is 25.5 Å². The van der Waals surface area contributed by atoms with Gasteiger partial charge in [-0.25, -0.2) is 18.7 Å². The first-order valence-corrected chi connectivity index (χ1v) is 12.5. The summed E-state index contributed by atoms with van der Waals surface area (Å²) in [5.41, 5.74) is 0.786. The van der Waals surface area contributed by atoms with Crippen molar-refractivity contribution in [3.8, 4) is 22.8 Å². The van der Waals surface area contributed by atoms with Crippen LogP contribution in [-0.2, 0) is 16.9 Å². The summed E-state index contributed by atoms with van der Waals surface area (Å²) in [6, 6.07) is 5.63. The Morgan fingerprint density at radius 2 is 1.87 bits per heavy atom. The lowest BCUT2D eigenvalue weighted by molar-refractivity contribution is -0.0733. The summed E-state index contributed by atoms with van der Waals surface area (Å²) in [5, 5.41) is 10.8. The molecule has 1 fully saturated rings. The Labute approximate surface area is 227 Å². The highest BCUT2D eigenvalue weighted by Gasteiger charge is 2.35. The van der Waals surface area contributed by atoms with Crippen molar-refractivity contribution in [2.75, 3.05) is 13.2 Å². The minimum Gasteiger partial charge on any atom is -0.485 e. The molecule has 4 aromatic rings.